The van der Waals surface area contributed by atoms with E-state index in [2.05, 4.69) is 12.2 Å². The summed E-state index contributed by atoms with van der Waals surface area (Å²) in [5.74, 6) is 0. The first-order chi connectivity index (χ1) is 15.2. The molecule has 0 radical (unpaired) electrons. The van der Waals surface area contributed by atoms with Crippen molar-refractivity contribution in [2.45, 2.75) is 51.7 Å². The molecule has 32 heavy (non-hydrogen) atoms. The van der Waals surface area contributed by atoms with Gasteiger partial charge in [-0.25, -0.2) is 9.59 Å². The monoisotopic (exact) mass is 478 g/mol. The average Bonchev–Trinajstić information content (AvgIpc) is 2.95. The number of unbranched alkanes of at least 4 members (excludes halogenated alkanes) is 2. The van der Waals surface area contributed by atoms with Gasteiger partial charge in [0.1, 0.15) is 0 Å². The lowest BCUT2D eigenvalue weighted by Crippen LogP contribution is -2.58. The van der Waals surface area contributed by atoms with Crippen molar-refractivity contribution in [3.05, 3.63) is 58.6 Å². The van der Waals surface area contributed by atoms with Gasteiger partial charge in [0.25, 0.3) is 0 Å². The van der Waals surface area contributed by atoms with E-state index >= 15 is 0 Å². The van der Waals surface area contributed by atoms with Gasteiger partial charge in [0.05, 0.1) is 5.54 Å². The van der Waals surface area contributed by atoms with Crippen LogP contribution < -0.4 is 10.2 Å². The quantitative estimate of drug-likeness (QED) is 0.272. The summed E-state index contributed by atoms with van der Waals surface area (Å²) in [6.45, 7) is 6.30. The van der Waals surface area contributed by atoms with E-state index in [1.165, 1.54) is 4.90 Å². The second-order valence-corrected chi connectivity index (χ2v) is 9.17. The standard InChI is InChI=1S/C23H28Cl2N4O3/c1-4-5-6-15-27-22(31)28(19-13-9-17(25)10-14-19)20(23(27,2)3)29(32)21(30)26-18-11-7-16(24)8-12-18/h7-14,20,32H,4-6,15H2,1-3H3,(H,26,30). The van der Waals surface area contributed by atoms with Gasteiger partial charge in [0, 0.05) is 28.0 Å². The van der Waals surface area contributed by atoms with Gasteiger partial charge in [0.2, 0.25) is 0 Å². The van der Waals surface area contributed by atoms with Crippen LogP contribution in [0.5, 0.6) is 0 Å². The average molecular weight is 479 g/mol. The van der Waals surface area contributed by atoms with Crippen molar-refractivity contribution in [2.24, 2.45) is 0 Å². The molecule has 1 unspecified atom stereocenters. The molecule has 2 N–H and O–H groups in total. The third kappa shape index (κ3) is 4.95. The molecular formula is C23H28Cl2N4O3. The number of carbonyl (C=O) groups excluding carboxylic acids is 2. The van der Waals surface area contributed by atoms with Crippen molar-refractivity contribution in [1.82, 2.24) is 9.96 Å². The van der Waals surface area contributed by atoms with E-state index in [0.29, 0.717) is 33.0 Å². The number of amides is 4. The zero-order valence-corrected chi connectivity index (χ0v) is 19.9. The largest absolute Gasteiger partial charge is 0.347 e. The molecule has 0 aliphatic carbocycles. The molecule has 1 heterocycles. The maximum absolute atomic E-state index is 13.5. The summed E-state index contributed by atoms with van der Waals surface area (Å²) in [6, 6.07) is 12.2. The summed E-state index contributed by atoms with van der Waals surface area (Å²) in [5, 5.41) is 15.3. The Bertz CT molecular complexity index is 951. The Kier molecular flexibility index (Phi) is 7.54. The second-order valence-electron chi connectivity index (χ2n) is 8.30. The Labute approximate surface area is 198 Å². The predicted molar refractivity (Wildman–Crippen MR) is 128 cm³/mol. The number of nitrogens with one attached hydrogen (secondary N) is 1. The van der Waals surface area contributed by atoms with E-state index in [1.807, 2.05) is 13.8 Å². The predicted octanol–water partition coefficient (Wildman–Crippen LogP) is 6.45. The molecule has 1 aliphatic heterocycles. The number of benzene rings is 2. The first-order valence-electron chi connectivity index (χ1n) is 10.6. The molecule has 1 aliphatic rings. The highest BCUT2D eigenvalue weighted by atomic mass is 35.5. The fourth-order valence-electron chi connectivity index (χ4n) is 3.93. The molecule has 4 amide bonds. The topological polar surface area (TPSA) is 76.1 Å². The van der Waals surface area contributed by atoms with E-state index in [4.69, 9.17) is 23.2 Å². The van der Waals surface area contributed by atoms with Crippen LogP contribution in [0.4, 0.5) is 21.0 Å². The van der Waals surface area contributed by atoms with Crippen LogP contribution in [0, 0.1) is 0 Å². The number of halogens is 2. The molecule has 0 aromatic heterocycles. The zero-order valence-electron chi connectivity index (χ0n) is 18.4. The third-order valence-electron chi connectivity index (χ3n) is 5.63. The number of nitrogens with zero attached hydrogens (tertiary/aromatic N) is 3. The van der Waals surface area contributed by atoms with Gasteiger partial charge in [-0.2, -0.15) is 5.06 Å². The number of hydrogen-bond donors (Lipinski definition) is 2. The number of hydrogen-bond acceptors (Lipinski definition) is 3. The van der Waals surface area contributed by atoms with Gasteiger partial charge in [-0.05, 0) is 68.8 Å². The smallest absolute Gasteiger partial charge is 0.315 e. The highest BCUT2D eigenvalue weighted by molar-refractivity contribution is 6.31. The van der Waals surface area contributed by atoms with Gasteiger partial charge in [-0.3, -0.25) is 10.1 Å². The lowest BCUT2D eigenvalue weighted by atomic mass is 9.99. The molecule has 0 saturated carbocycles. The molecule has 1 atom stereocenters. The summed E-state index contributed by atoms with van der Waals surface area (Å²) in [6.07, 6.45) is 1.85. The van der Waals surface area contributed by atoms with Crippen LogP contribution in [0.2, 0.25) is 10.0 Å². The van der Waals surface area contributed by atoms with Gasteiger partial charge in [-0.1, -0.05) is 43.0 Å². The second kappa shape index (κ2) is 9.98. The Hall–Kier alpha value is -2.48. The van der Waals surface area contributed by atoms with Crippen molar-refractivity contribution in [3.63, 3.8) is 0 Å². The van der Waals surface area contributed by atoms with E-state index in [1.54, 1.807) is 53.4 Å². The number of anilines is 2. The number of carbonyl (C=O) groups is 2. The minimum absolute atomic E-state index is 0.281. The SMILES string of the molecule is CCCCCN1C(=O)N(c2ccc(Cl)cc2)C(N(O)C(=O)Nc2ccc(Cl)cc2)C1(C)C. The molecule has 7 nitrogen and oxygen atoms in total. The van der Waals surface area contributed by atoms with Crippen molar-refractivity contribution in [2.75, 3.05) is 16.8 Å². The Morgan fingerprint density at radius 3 is 2.19 bits per heavy atom. The van der Waals surface area contributed by atoms with Crippen LogP contribution in [-0.2, 0) is 0 Å². The van der Waals surface area contributed by atoms with Crippen LogP contribution in [0.1, 0.15) is 40.0 Å². The maximum Gasteiger partial charge on any atom is 0.347 e. The molecule has 2 aromatic rings. The minimum Gasteiger partial charge on any atom is -0.315 e. The van der Waals surface area contributed by atoms with E-state index < -0.39 is 17.7 Å². The summed E-state index contributed by atoms with van der Waals surface area (Å²) < 4.78 is 0. The molecule has 0 bridgehead atoms. The van der Waals surface area contributed by atoms with Crippen molar-refractivity contribution >= 4 is 46.6 Å². The van der Waals surface area contributed by atoms with Crippen LogP contribution in [0.15, 0.2) is 48.5 Å². The van der Waals surface area contributed by atoms with Gasteiger partial charge in [0.15, 0.2) is 6.17 Å². The van der Waals surface area contributed by atoms with Crippen LogP contribution in [-0.4, -0.2) is 45.5 Å². The molecule has 2 aromatic carbocycles. The first kappa shape index (κ1) is 24.2. The van der Waals surface area contributed by atoms with Crippen molar-refractivity contribution in [3.8, 4) is 0 Å². The van der Waals surface area contributed by atoms with Crippen LogP contribution in [0.25, 0.3) is 0 Å². The van der Waals surface area contributed by atoms with E-state index in [-0.39, 0.29) is 6.03 Å². The fraction of sp³-hybridized carbons (Fsp3) is 0.391. The van der Waals surface area contributed by atoms with Gasteiger partial charge in [-0.15, -0.1) is 0 Å². The lowest BCUT2D eigenvalue weighted by molar-refractivity contribution is -0.0949. The Morgan fingerprint density at radius 2 is 1.62 bits per heavy atom. The molecule has 1 fully saturated rings. The van der Waals surface area contributed by atoms with E-state index in [0.717, 1.165) is 19.3 Å². The summed E-state index contributed by atoms with van der Waals surface area (Å²) in [4.78, 5) is 29.5. The van der Waals surface area contributed by atoms with Crippen LogP contribution >= 0.6 is 23.2 Å². The number of rotatable bonds is 7. The maximum atomic E-state index is 13.5. The highest BCUT2D eigenvalue weighted by Gasteiger charge is 2.55. The third-order valence-corrected chi connectivity index (χ3v) is 6.14. The molecule has 172 valence electrons. The molecule has 9 heteroatoms. The molecule has 3 rings (SSSR count). The van der Waals surface area contributed by atoms with Crippen LogP contribution in [0.3, 0.4) is 0 Å². The fourth-order valence-corrected chi connectivity index (χ4v) is 4.18. The number of hydroxylamine groups is 2. The van der Waals surface area contributed by atoms with Gasteiger partial charge >= 0.3 is 12.1 Å². The Morgan fingerprint density at radius 1 is 1.06 bits per heavy atom. The lowest BCUT2D eigenvalue weighted by Gasteiger charge is -2.38. The summed E-state index contributed by atoms with van der Waals surface area (Å²) in [5.41, 5.74) is 0.142. The summed E-state index contributed by atoms with van der Waals surface area (Å²) >= 11 is 11.9. The molecule has 0 spiro atoms. The van der Waals surface area contributed by atoms with Gasteiger partial charge < -0.3 is 10.2 Å². The summed E-state index contributed by atoms with van der Waals surface area (Å²) in [7, 11) is 0. The molecular weight excluding hydrogens is 451 g/mol. The Balaban J connectivity index is 1.93. The van der Waals surface area contributed by atoms with E-state index in [9.17, 15) is 14.8 Å². The molecule has 1 saturated heterocycles. The highest BCUT2D eigenvalue weighted by Crippen LogP contribution is 2.38. The number of urea groups is 2. The van der Waals surface area contributed by atoms with Crippen molar-refractivity contribution in [1.29, 1.82) is 0 Å². The normalized spacial score (nSPS) is 17.6. The minimum atomic E-state index is -0.967. The first-order valence-corrected chi connectivity index (χ1v) is 11.3. The van der Waals surface area contributed by atoms with Crippen molar-refractivity contribution < 1.29 is 14.8 Å². The zero-order chi connectivity index (χ0) is 23.5.